The van der Waals surface area contributed by atoms with Gasteiger partial charge in [0.15, 0.2) is 0 Å². The Bertz CT molecular complexity index is 681. The van der Waals surface area contributed by atoms with E-state index in [4.69, 9.17) is 5.73 Å². The second-order valence-corrected chi connectivity index (χ2v) is 6.35. The van der Waals surface area contributed by atoms with Crippen molar-refractivity contribution < 1.29 is 4.79 Å². The van der Waals surface area contributed by atoms with Crippen molar-refractivity contribution in [2.75, 3.05) is 37.6 Å². The predicted molar refractivity (Wildman–Crippen MR) is 101 cm³/mol. The average molecular weight is 338 g/mol. The van der Waals surface area contributed by atoms with Crippen LogP contribution in [-0.4, -0.2) is 43.5 Å². The van der Waals surface area contributed by atoms with Crippen LogP contribution in [0.3, 0.4) is 0 Å². The number of hydrogen-bond acceptors (Lipinski definition) is 4. The number of carbonyl (C=O) groups excluding carboxylic acids is 1. The van der Waals surface area contributed by atoms with E-state index >= 15 is 0 Å². The first-order valence-electron chi connectivity index (χ1n) is 8.82. The first-order chi connectivity index (χ1) is 12.3. The summed E-state index contributed by atoms with van der Waals surface area (Å²) in [6.07, 6.45) is 0. The number of carbonyl (C=O) groups is 1. The summed E-state index contributed by atoms with van der Waals surface area (Å²) in [6.45, 7) is 5.64. The van der Waals surface area contributed by atoms with E-state index in [9.17, 15) is 4.79 Å². The zero-order valence-corrected chi connectivity index (χ0v) is 14.5. The topological polar surface area (TPSA) is 61.6 Å². The van der Waals surface area contributed by atoms with Gasteiger partial charge in [-0.1, -0.05) is 42.5 Å². The van der Waals surface area contributed by atoms with Crippen LogP contribution >= 0.6 is 0 Å². The molecule has 0 unspecified atom stereocenters. The number of piperazine rings is 1. The molecule has 5 nitrogen and oxygen atoms in total. The highest BCUT2D eigenvalue weighted by molar-refractivity contribution is 5.77. The summed E-state index contributed by atoms with van der Waals surface area (Å²) in [5, 5.41) is 2.86. The number of nitrogens with zero attached hydrogens (tertiary/aromatic N) is 2. The van der Waals surface area contributed by atoms with Crippen LogP contribution in [0.5, 0.6) is 0 Å². The van der Waals surface area contributed by atoms with E-state index in [2.05, 4.69) is 63.6 Å². The number of para-hydroxylation sites is 1. The Morgan fingerprint density at radius 2 is 1.56 bits per heavy atom. The molecule has 25 heavy (non-hydrogen) atoms. The van der Waals surface area contributed by atoms with Gasteiger partial charge in [0, 0.05) is 45.0 Å². The van der Waals surface area contributed by atoms with Gasteiger partial charge >= 0.3 is 0 Å². The van der Waals surface area contributed by atoms with Crippen molar-refractivity contribution in [3.05, 3.63) is 65.7 Å². The Morgan fingerprint density at radius 1 is 0.920 bits per heavy atom. The lowest BCUT2D eigenvalue weighted by atomic mass is 10.1. The molecule has 1 aliphatic rings. The van der Waals surface area contributed by atoms with Gasteiger partial charge in [-0.05, 0) is 23.3 Å². The molecule has 0 bridgehead atoms. The molecule has 3 N–H and O–H groups in total. The van der Waals surface area contributed by atoms with Crippen LogP contribution < -0.4 is 16.0 Å². The maximum atomic E-state index is 11.4. The molecule has 1 aliphatic heterocycles. The van der Waals surface area contributed by atoms with Gasteiger partial charge in [-0.15, -0.1) is 0 Å². The minimum atomic E-state index is -0.119. The summed E-state index contributed by atoms with van der Waals surface area (Å²) in [5.74, 6) is -0.119. The summed E-state index contributed by atoms with van der Waals surface area (Å²) in [6, 6.07) is 18.9. The van der Waals surface area contributed by atoms with Crippen LogP contribution in [0.1, 0.15) is 11.1 Å². The average Bonchev–Trinajstić information content (AvgIpc) is 2.68. The van der Waals surface area contributed by atoms with Crippen molar-refractivity contribution in [2.45, 2.75) is 13.1 Å². The van der Waals surface area contributed by atoms with Gasteiger partial charge in [0.2, 0.25) is 5.91 Å². The molecule has 0 atom stereocenters. The lowest BCUT2D eigenvalue weighted by Crippen LogP contribution is -2.46. The lowest BCUT2D eigenvalue weighted by molar-refractivity contribution is -0.119. The van der Waals surface area contributed by atoms with Crippen LogP contribution in [0.2, 0.25) is 0 Å². The van der Waals surface area contributed by atoms with Gasteiger partial charge in [0.05, 0.1) is 6.54 Å². The minimum Gasteiger partial charge on any atom is -0.369 e. The summed E-state index contributed by atoms with van der Waals surface area (Å²) in [5.41, 5.74) is 9.09. The summed E-state index contributed by atoms with van der Waals surface area (Å²) >= 11 is 0. The number of benzene rings is 2. The molecule has 3 rings (SSSR count). The molecule has 5 heteroatoms. The van der Waals surface area contributed by atoms with Crippen molar-refractivity contribution in [1.29, 1.82) is 0 Å². The summed E-state index contributed by atoms with van der Waals surface area (Å²) in [7, 11) is 0. The van der Waals surface area contributed by atoms with Gasteiger partial charge in [-0.25, -0.2) is 0 Å². The van der Waals surface area contributed by atoms with E-state index in [0.717, 1.165) is 38.3 Å². The zero-order valence-electron chi connectivity index (χ0n) is 14.5. The molecule has 0 aliphatic carbocycles. The van der Waals surface area contributed by atoms with Crippen molar-refractivity contribution in [3.8, 4) is 0 Å². The fourth-order valence-electron chi connectivity index (χ4n) is 3.19. The van der Waals surface area contributed by atoms with Gasteiger partial charge in [0.25, 0.3) is 0 Å². The molecule has 1 amide bonds. The molecular weight excluding hydrogens is 312 g/mol. The molecule has 1 heterocycles. The second-order valence-electron chi connectivity index (χ2n) is 6.35. The second kappa shape index (κ2) is 8.65. The fraction of sp³-hybridized carbons (Fsp3) is 0.350. The molecule has 132 valence electrons. The standard InChI is InChI=1S/C20H26N4O/c21-14-20(25)22-15-17-6-4-5-7-18(17)16-23-10-12-24(13-11-23)19-8-2-1-3-9-19/h1-9H,10-16,21H2,(H,22,25). The fourth-order valence-corrected chi connectivity index (χ4v) is 3.19. The van der Waals surface area contributed by atoms with Crippen molar-refractivity contribution in [3.63, 3.8) is 0 Å². The van der Waals surface area contributed by atoms with E-state index < -0.39 is 0 Å². The number of anilines is 1. The first kappa shape index (κ1) is 17.5. The van der Waals surface area contributed by atoms with Crippen molar-refractivity contribution >= 4 is 11.6 Å². The highest BCUT2D eigenvalue weighted by Crippen LogP contribution is 2.18. The molecule has 0 saturated carbocycles. The van der Waals surface area contributed by atoms with E-state index in [1.165, 1.54) is 11.3 Å². The number of hydrogen-bond donors (Lipinski definition) is 2. The highest BCUT2D eigenvalue weighted by atomic mass is 16.1. The smallest absolute Gasteiger partial charge is 0.234 e. The number of nitrogens with one attached hydrogen (secondary N) is 1. The third kappa shape index (κ3) is 4.81. The zero-order chi connectivity index (χ0) is 17.5. The SMILES string of the molecule is NCC(=O)NCc1ccccc1CN1CCN(c2ccccc2)CC1. The van der Waals surface area contributed by atoms with Gasteiger partial charge in [0.1, 0.15) is 0 Å². The van der Waals surface area contributed by atoms with E-state index in [0.29, 0.717) is 6.54 Å². The van der Waals surface area contributed by atoms with Gasteiger partial charge in [-0.3, -0.25) is 9.69 Å². The Hall–Kier alpha value is -2.37. The Labute approximate surface area is 149 Å². The molecule has 2 aromatic rings. The molecule has 0 spiro atoms. The Balaban J connectivity index is 1.56. The lowest BCUT2D eigenvalue weighted by Gasteiger charge is -2.36. The quantitative estimate of drug-likeness (QED) is 0.840. The number of nitrogens with two attached hydrogens (primary N) is 1. The molecule has 2 aromatic carbocycles. The van der Waals surface area contributed by atoms with Crippen LogP contribution in [0.4, 0.5) is 5.69 Å². The van der Waals surface area contributed by atoms with Crippen molar-refractivity contribution in [1.82, 2.24) is 10.2 Å². The van der Waals surface area contributed by atoms with Crippen LogP contribution in [0, 0.1) is 0 Å². The molecule has 1 saturated heterocycles. The highest BCUT2D eigenvalue weighted by Gasteiger charge is 2.18. The normalized spacial score (nSPS) is 15.2. The van der Waals surface area contributed by atoms with E-state index in [1.54, 1.807) is 0 Å². The molecular formula is C20H26N4O. The maximum Gasteiger partial charge on any atom is 0.234 e. The van der Waals surface area contributed by atoms with Crippen LogP contribution in [-0.2, 0) is 17.9 Å². The maximum absolute atomic E-state index is 11.4. The Morgan fingerprint density at radius 3 is 2.24 bits per heavy atom. The van der Waals surface area contributed by atoms with Gasteiger partial charge < -0.3 is 16.0 Å². The molecule has 0 aromatic heterocycles. The van der Waals surface area contributed by atoms with E-state index in [-0.39, 0.29) is 12.5 Å². The monoisotopic (exact) mass is 338 g/mol. The van der Waals surface area contributed by atoms with Crippen LogP contribution in [0.15, 0.2) is 54.6 Å². The third-order valence-electron chi connectivity index (χ3n) is 4.67. The number of amides is 1. The molecule has 0 radical (unpaired) electrons. The van der Waals surface area contributed by atoms with E-state index in [1.807, 2.05) is 6.07 Å². The number of rotatable bonds is 6. The van der Waals surface area contributed by atoms with Crippen LogP contribution in [0.25, 0.3) is 0 Å². The summed E-state index contributed by atoms with van der Waals surface area (Å²) in [4.78, 5) is 16.3. The Kier molecular flexibility index (Phi) is 6.04. The minimum absolute atomic E-state index is 0.0314. The first-order valence-corrected chi connectivity index (χ1v) is 8.82. The predicted octanol–water partition coefficient (Wildman–Crippen LogP) is 1.58. The third-order valence-corrected chi connectivity index (χ3v) is 4.67. The summed E-state index contributed by atoms with van der Waals surface area (Å²) < 4.78 is 0. The van der Waals surface area contributed by atoms with Gasteiger partial charge in [-0.2, -0.15) is 0 Å². The van der Waals surface area contributed by atoms with Crippen molar-refractivity contribution in [2.24, 2.45) is 5.73 Å². The largest absolute Gasteiger partial charge is 0.369 e. The molecule has 1 fully saturated rings.